The molecule has 0 bridgehead atoms. The van der Waals surface area contributed by atoms with Gasteiger partial charge in [-0.05, 0) is 31.4 Å². The number of rotatable bonds is 6. The maximum atomic E-state index is 12.3. The molecule has 2 N–H and O–H groups in total. The molecule has 24 heavy (non-hydrogen) atoms. The van der Waals surface area contributed by atoms with Gasteiger partial charge in [-0.15, -0.1) is 0 Å². The second kappa shape index (κ2) is 7.61. The van der Waals surface area contributed by atoms with Crippen LogP contribution in [0.2, 0.25) is 0 Å². The van der Waals surface area contributed by atoms with Crippen LogP contribution in [0.15, 0.2) is 24.7 Å². The normalized spacial score (nSPS) is 18.0. The Labute approximate surface area is 142 Å². The lowest BCUT2D eigenvalue weighted by molar-refractivity contribution is 0.0943. The summed E-state index contributed by atoms with van der Waals surface area (Å²) >= 11 is 0. The monoisotopic (exact) mass is 330 g/mol. The van der Waals surface area contributed by atoms with E-state index >= 15 is 0 Å². The third-order valence-corrected chi connectivity index (χ3v) is 4.26. The van der Waals surface area contributed by atoms with Gasteiger partial charge in [-0.3, -0.25) is 9.48 Å². The van der Waals surface area contributed by atoms with E-state index in [-0.39, 0.29) is 5.91 Å². The molecule has 1 atom stereocenters. The molecule has 0 radical (unpaired) electrons. The first-order chi connectivity index (χ1) is 11.6. The second-order valence-electron chi connectivity index (χ2n) is 6.75. The molecule has 130 valence electrons. The highest BCUT2D eigenvalue weighted by atomic mass is 16.1. The van der Waals surface area contributed by atoms with Crippen LogP contribution >= 0.6 is 0 Å². The summed E-state index contributed by atoms with van der Waals surface area (Å²) < 4.78 is 3.98. The Morgan fingerprint density at radius 3 is 3.08 bits per heavy atom. The number of hydrogen-bond acceptors (Lipinski definition) is 4. The number of imidazole rings is 1. The summed E-state index contributed by atoms with van der Waals surface area (Å²) in [5.41, 5.74) is 0.461. The highest BCUT2D eigenvalue weighted by molar-refractivity contribution is 5.92. The minimum Gasteiger partial charge on any atom is -0.343 e. The molecule has 7 nitrogen and oxygen atoms in total. The summed E-state index contributed by atoms with van der Waals surface area (Å²) in [5.74, 6) is 1.25. The van der Waals surface area contributed by atoms with Crippen LogP contribution in [0.25, 0.3) is 0 Å². The zero-order valence-electron chi connectivity index (χ0n) is 14.4. The predicted molar refractivity (Wildman–Crippen MR) is 91.6 cm³/mol. The molecule has 1 saturated heterocycles. The third-order valence-electron chi connectivity index (χ3n) is 4.26. The van der Waals surface area contributed by atoms with Crippen molar-refractivity contribution in [2.75, 3.05) is 13.1 Å². The van der Waals surface area contributed by atoms with Gasteiger partial charge in [-0.25, -0.2) is 4.98 Å². The van der Waals surface area contributed by atoms with E-state index in [4.69, 9.17) is 0 Å². The molecular formula is C17H26N6O. The maximum Gasteiger partial charge on any atom is 0.272 e. The van der Waals surface area contributed by atoms with Gasteiger partial charge in [0.15, 0.2) is 0 Å². The van der Waals surface area contributed by atoms with Crippen molar-refractivity contribution < 1.29 is 4.79 Å². The van der Waals surface area contributed by atoms with Crippen LogP contribution < -0.4 is 10.6 Å². The lowest BCUT2D eigenvalue weighted by atomic mass is 10.1. The fourth-order valence-electron chi connectivity index (χ4n) is 3.04. The Morgan fingerprint density at radius 1 is 1.46 bits per heavy atom. The van der Waals surface area contributed by atoms with Gasteiger partial charge in [0.05, 0.1) is 12.6 Å². The fourth-order valence-corrected chi connectivity index (χ4v) is 3.04. The van der Waals surface area contributed by atoms with Gasteiger partial charge in [0.2, 0.25) is 0 Å². The number of hydrogen-bond donors (Lipinski definition) is 2. The van der Waals surface area contributed by atoms with Crippen molar-refractivity contribution in [3.63, 3.8) is 0 Å². The van der Waals surface area contributed by atoms with E-state index < -0.39 is 0 Å². The van der Waals surface area contributed by atoms with E-state index in [1.165, 1.54) is 0 Å². The SMILES string of the molecule is CC(C)Cn1ccnc1CNC(=O)c1ccn(C2CCCNC2)n1. The summed E-state index contributed by atoms with van der Waals surface area (Å²) in [6.07, 6.45) is 7.86. The highest BCUT2D eigenvalue weighted by Crippen LogP contribution is 2.15. The molecule has 3 rings (SSSR count). The predicted octanol–water partition coefficient (Wildman–Crippen LogP) is 1.59. The Hall–Kier alpha value is -2.15. The second-order valence-corrected chi connectivity index (χ2v) is 6.75. The van der Waals surface area contributed by atoms with Gasteiger partial charge in [0.1, 0.15) is 11.5 Å². The molecule has 1 fully saturated rings. The summed E-state index contributed by atoms with van der Waals surface area (Å²) in [4.78, 5) is 16.7. The Bertz CT molecular complexity index is 668. The van der Waals surface area contributed by atoms with Crippen LogP contribution in [0, 0.1) is 5.92 Å². The first kappa shape index (κ1) is 16.7. The lowest BCUT2D eigenvalue weighted by Crippen LogP contribution is -2.32. The molecule has 2 aromatic rings. The van der Waals surface area contributed by atoms with Crippen molar-refractivity contribution in [2.24, 2.45) is 5.92 Å². The molecule has 7 heteroatoms. The van der Waals surface area contributed by atoms with Crippen LogP contribution in [-0.4, -0.2) is 38.3 Å². The largest absolute Gasteiger partial charge is 0.343 e. The Balaban J connectivity index is 1.57. The molecular weight excluding hydrogens is 304 g/mol. The molecule has 1 aliphatic rings. The zero-order chi connectivity index (χ0) is 16.9. The van der Waals surface area contributed by atoms with Gasteiger partial charge in [0.25, 0.3) is 5.91 Å². The number of nitrogens with one attached hydrogen (secondary N) is 2. The van der Waals surface area contributed by atoms with Gasteiger partial charge < -0.3 is 15.2 Å². The van der Waals surface area contributed by atoms with E-state index in [2.05, 4.69) is 39.1 Å². The average Bonchev–Trinajstić information content (AvgIpc) is 3.22. The smallest absolute Gasteiger partial charge is 0.272 e. The van der Waals surface area contributed by atoms with Crippen LogP contribution in [0.3, 0.4) is 0 Å². The van der Waals surface area contributed by atoms with Crippen molar-refractivity contribution in [3.05, 3.63) is 36.2 Å². The molecule has 0 saturated carbocycles. The minimum atomic E-state index is -0.156. The van der Waals surface area contributed by atoms with E-state index in [9.17, 15) is 4.79 Å². The quantitative estimate of drug-likeness (QED) is 0.843. The number of carbonyl (C=O) groups is 1. The molecule has 1 amide bonds. The van der Waals surface area contributed by atoms with Crippen LogP contribution in [0.4, 0.5) is 0 Å². The van der Waals surface area contributed by atoms with Crippen molar-refractivity contribution >= 4 is 5.91 Å². The summed E-state index contributed by atoms with van der Waals surface area (Å²) in [6.45, 7) is 7.61. The summed E-state index contributed by atoms with van der Waals surface area (Å²) in [6, 6.07) is 2.12. The number of nitrogens with zero attached hydrogens (tertiary/aromatic N) is 4. The third kappa shape index (κ3) is 4.03. The van der Waals surface area contributed by atoms with E-state index in [1.807, 2.05) is 17.1 Å². The fraction of sp³-hybridized carbons (Fsp3) is 0.588. The van der Waals surface area contributed by atoms with E-state index in [0.29, 0.717) is 24.2 Å². The number of piperidine rings is 1. The van der Waals surface area contributed by atoms with Crippen molar-refractivity contribution in [3.8, 4) is 0 Å². The Kier molecular flexibility index (Phi) is 5.30. The van der Waals surface area contributed by atoms with Gasteiger partial charge in [-0.1, -0.05) is 13.8 Å². The van der Waals surface area contributed by atoms with Crippen LogP contribution in [-0.2, 0) is 13.1 Å². The topological polar surface area (TPSA) is 76.8 Å². The zero-order valence-corrected chi connectivity index (χ0v) is 14.4. The lowest BCUT2D eigenvalue weighted by Gasteiger charge is -2.22. The van der Waals surface area contributed by atoms with Crippen LogP contribution in [0.5, 0.6) is 0 Å². The number of aromatic nitrogens is 4. The van der Waals surface area contributed by atoms with Crippen molar-refractivity contribution in [1.82, 2.24) is 30.0 Å². The van der Waals surface area contributed by atoms with E-state index in [1.54, 1.807) is 12.3 Å². The summed E-state index contributed by atoms with van der Waals surface area (Å²) in [5, 5.41) is 10.7. The van der Waals surface area contributed by atoms with Gasteiger partial charge in [0, 0.05) is 31.7 Å². The molecule has 0 aromatic carbocycles. The van der Waals surface area contributed by atoms with E-state index in [0.717, 1.165) is 38.3 Å². The first-order valence-electron chi connectivity index (χ1n) is 8.67. The highest BCUT2D eigenvalue weighted by Gasteiger charge is 2.18. The standard InChI is InChI=1S/C17H26N6O/c1-13(2)12-22-9-7-19-16(22)11-20-17(24)15-5-8-23(21-15)14-4-3-6-18-10-14/h5,7-9,13-14,18H,3-4,6,10-12H2,1-2H3,(H,20,24). The van der Waals surface area contributed by atoms with Crippen LogP contribution in [0.1, 0.15) is 49.0 Å². The maximum absolute atomic E-state index is 12.3. The molecule has 0 aliphatic carbocycles. The number of amides is 1. The molecule has 0 spiro atoms. The van der Waals surface area contributed by atoms with Crippen molar-refractivity contribution in [2.45, 2.75) is 45.8 Å². The molecule has 1 aliphatic heterocycles. The molecule has 3 heterocycles. The minimum absolute atomic E-state index is 0.156. The molecule has 2 aromatic heterocycles. The first-order valence-corrected chi connectivity index (χ1v) is 8.67. The molecule has 1 unspecified atom stereocenters. The van der Waals surface area contributed by atoms with Gasteiger partial charge >= 0.3 is 0 Å². The summed E-state index contributed by atoms with van der Waals surface area (Å²) in [7, 11) is 0. The van der Waals surface area contributed by atoms with Crippen molar-refractivity contribution in [1.29, 1.82) is 0 Å². The average molecular weight is 330 g/mol. The van der Waals surface area contributed by atoms with Gasteiger partial charge in [-0.2, -0.15) is 5.10 Å². The Morgan fingerprint density at radius 2 is 2.33 bits per heavy atom. The number of carbonyl (C=O) groups excluding carboxylic acids is 1.